The SMILES string of the molecule is CCCCCN1CC(C(=O)Nc2ccccc2CC)CC1=O. The monoisotopic (exact) mass is 302 g/mol. The van der Waals surface area contributed by atoms with Crippen LogP contribution < -0.4 is 5.32 Å². The summed E-state index contributed by atoms with van der Waals surface area (Å²) in [7, 11) is 0. The van der Waals surface area contributed by atoms with Gasteiger partial charge in [-0.25, -0.2) is 0 Å². The van der Waals surface area contributed by atoms with Gasteiger partial charge in [-0.15, -0.1) is 0 Å². The standard InChI is InChI=1S/C18H26N2O2/c1-3-5-8-11-20-13-15(12-17(20)21)18(22)19-16-10-7-6-9-14(16)4-2/h6-7,9-10,15H,3-5,8,11-13H2,1-2H3,(H,19,22). The molecule has 0 radical (unpaired) electrons. The van der Waals surface area contributed by atoms with Crippen LogP contribution in [-0.2, 0) is 16.0 Å². The minimum atomic E-state index is -0.223. The molecule has 4 heteroatoms. The Labute approximate surface area is 132 Å². The Morgan fingerprint density at radius 3 is 2.77 bits per heavy atom. The molecule has 1 aliphatic heterocycles. The van der Waals surface area contributed by atoms with E-state index in [2.05, 4.69) is 19.2 Å². The first-order valence-electron chi connectivity index (χ1n) is 8.32. The molecule has 4 nitrogen and oxygen atoms in total. The summed E-state index contributed by atoms with van der Waals surface area (Å²) in [5.74, 6) is -0.147. The Bertz CT molecular complexity index is 528. The van der Waals surface area contributed by atoms with Gasteiger partial charge in [-0.1, -0.05) is 44.9 Å². The number of rotatable bonds is 7. The first kappa shape index (κ1) is 16.5. The number of anilines is 1. The van der Waals surface area contributed by atoms with Crippen LogP contribution in [0.15, 0.2) is 24.3 Å². The van der Waals surface area contributed by atoms with E-state index < -0.39 is 0 Å². The van der Waals surface area contributed by atoms with Crippen LogP contribution in [0.5, 0.6) is 0 Å². The number of hydrogen-bond acceptors (Lipinski definition) is 2. The second-order valence-corrected chi connectivity index (χ2v) is 5.95. The third-order valence-corrected chi connectivity index (χ3v) is 4.27. The van der Waals surface area contributed by atoms with Crippen molar-refractivity contribution in [1.29, 1.82) is 0 Å². The summed E-state index contributed by atoms with van der Waals surface area (Å²) in [6, 6.07) is 7.84. The number of nitrogens with zero attached hydrogens (tertiary/aromatic N) is 1. The molecule has 1 aromatic carbocycles. The Hall–Kier alpha value is -1.84. The summed E-state index contributed by atoms with van der Waals surface area (Å²) in [6.07, 6.45) is 4.51. The third kappa shape index (κ3) is 4.09. The van der Waals surface area contributed by atoms with E-state index in [4.69, 9.17) is 0 Å². The Balaban J connectivity index is 1.92. The van der Waals surface area contributed by atoms with Gasteiger partial charge < -0.3 is 10.2 Å². The van der Waals surface area contributed by atoms with Crippen LogP contribution in [0.25, 0.3) is 0 Å². The minimum Gasteiger partial charge on any atom is -0.342 e. The van der Waals surface area contributed by atoms with E-state index in [-0.39, 0.29) is 17.7 Å². The first-order chi connectivity index (χ1) is 10.7. The highest BCUT2D eigenvalue weighted by molar-refractivity contribution is 5.97. The van der Waals surface area contributed by atoms with E-state index in [1.54, 1.807) is 0 Å². The second-order valence-electron chi connectivity index (χ2n) is 5.95. The van der Waals surface area contributed by atoms with Crippen LogP contribution in [-0.4, -0.2) is 29.8 Å². The van der Waals surface area contributed by atoms with Gasteiger partial charge in [0.2, 0.25) is 11.8 Å². The van der Waals surface area contributed by atoms with Gasteiger partial charge in [0.15, 0.2) is 0 Å². The maximum Gasteiger partial charge on any atom is 0.229 e. The Morgan fingerprint density at radius 1 is 1.27 bits per heavy atom. The molecule has 1 saturated heterocycles. The average Bonchev–Trinajstić information content (AvgIpc) is 2.89. The molecule has 2 rings (SSSR count). The summed E-state index contributed by atoms with van der Waals surface area (Å²) < 4.78 is 0. The van der Waals surface area contributed by atoms with Crippen molar-refractivity contribution < 1.29 is 9.59 Å². The summed E-state index contributed by atoms with van der Waals surface area (Å²) in [6.45, 7) is 5.55. The summed E-state index contributed by atoms with van der Waals surface area (Å²) in [5, 5.41) is 2.99. The van der Waals surface area contributed by atoms with E-state index in [1.807, 2.05) is 29.2 Å². The number of hydrogen-bond donors (Lipinski definition) is 1. The van der Waals surface area contributed by atoms with Crippen molar-refractivity contribution in [2.24, 2.45) is 5.92 Å². The largest absolute Gasteiger partial charge is 0.342 e. The molecule has 120 valence electrons. The molecule has 0 aromatic heterocycles. The molecular formula is C18H26N2O2. The van der Waals surface area contributed by atoms with Gasteiger partial charge in [-0.2, -0.15) is 0 Å². The number of carbonyl (C=O) groups is 2. The summed E-state index contributed by atoms with van der Waals surface area (Å²) in [5.41, 5.74) is 1.99. The predicted molar refractivity (Wildman–Crippen MR) is 88.7 cm³/mol. The number of amides is 2. The normalized spacial score (nSPS) is 17.8. The lowest BCUT2D eigenvalue weighted by Gasteiger charge is -2.16. The van der Waals surface area contributed by atoms with Crippen LogP contribution in [0.2, 0.25) is 0 Å². The van der Waals surface area contributed by atoms with Crippen LogP contribution >= 0.6 is 0 Å². The fraction of sp³-hybridized carbons (Fsp3) is 0.556. The minimum absolute atomic E-state index is 0.0350. The van der Waals surface area contributed by atoms with Gasteiger partial charge in [0.25, 0.3) is 0 Å². The second kappa shape index (κ2) is 7.97. The maximum atomic E-state index is 12.4. The van der Waals surface area contributed by atoms with Crippen LogP contribution in [0.3, 0.4) is 0 Å². The van der Waals surface area contributed by atoms with Crippen molar-refractivity contribution >= 4 is 17.5 Å². The molecule has 1 heterocycles. The molecule has 0 bridgehead atoms. The number of carbonyl (C=O) groups excluding carboxylic acids is 2. The highest BCUT2D eigenvalue weighted by atomic mass is 16.2. The molecule has 1 fully saturated rings. The van der Waals surface area contributed by atoms with Gasteiger partial charge >= 0.3 is 0 Å². The number of unbranched alkanes of at least 4 members (excludes halogenated alkanes) is 2. The lowest BCUT2D eigenvalue weighted by atomic mass is 10.1. The molecule has 1 atom stereocenters. The van der Waals surface area contributed by atoms with E-state index in [9.17, 15) is 9.59 Å². The van der Waals surface area contributed by atoms with Crippen LogP contribution in [0.1, 0.15) is 45.1 Å². The highest BCUT2D eigenvalue weighted by Crippen LogP contribution is 2.22. The van der Waals surface area contributed by atoms with E-state index in [0.29, 0.717) is 13.0 Å². The number of nitrogens with one attached hydrogen (secondary N) is 1. The van der Waals surface area contributed by atoms with Crippen molar-refractivity contribution in [2.75, 3.05) is 18.4 Å². The van der Waals surface area contributed by atoms with Crippen LogP contribution in [0, 0.1) is 5.92 Å². The Kier molecular flexibility index (Phi) is 5.99. The van der Waals surface area contributed by atoms with Crippen molar-refractivity contribution in [2.45, 2.75) is 46.0 Å². The molecule has 22 heavy (non-hydrogen) atoms. The number of aryl methyl sites for hydroxylation is 1. The first-order valence-corrected chi connectivity index (χ1v) is 8.32. The molecular weight excluding hydrogens is 276 g/mol. The predicted octanol–water partition coefficient (Wildman–Crippen LogP) is 3.23. The van der Waals surface area contributed by atoms with Crippen molar-refractivity contribution in [3.8, 4) is 0 Å². The van der Waals surface area contributed by atoms with E-state index in [0.717, 1.165) is 43.5 Å². The zero-order valence-corrected chi connectivity index (χ0v) is 13.6. The average molecular weight is 302 g/mol. The number of benzene rings is 1. The quantitative estimate of drug-likeness (QED) is 0.786. The van der Waals surface area contributed by atoms with Gasteiger partial charge in [-0.3, -0.25) is 9.59 Å². The molecule has 2 amide bonds. The summed E-state index contributed by atoms with van der Waals surface area (Å²) in [4.78, 5) is 26.3. The molecule has 1 unspecified atom stereocenters. The fourth-order valence-electron chi connectivity index (χ4n) is 2.90. The molecule has 0 aliphatic carbocycles. The molecule has 1 N–H and O–H groups in total. The number of likely N-dealkylation sites (tertiary alicyclic amines) is 1. The third-order valence-electron chi connectivity index (χ3n) is 4.27. The van der Waals surface area contributed by atoms with E-state index >= 15 is 0 Å². The van der Waals surface area contributed by atoms with Gasteiger partial charge in [0, 0.05) is 25.2 Å². The Morgan fingerprint density at radius 2 is 2.05 bits per heavy atom. The fourth-order valence-corrected chi connectivity index (χ4v) is 2.90. The van der Waals surface area contributed by atoms with Crippen molar-refractivity contribution in [3.63, 3.8) is 0 Å². The molecule has 1 aromatic rings. The van der Waals surface area contributed by atoms with E-state index in [1.165, 1.54) is 0 Å². The van der Waals surface area contributed by atoms with Gasteiger partial charge in [0.05, 0.1) is 5.92 Å². The lowest BCUT2D eigenvalue weighted by molar-refractivity contribution is -0.128. The lowest BCUT2D eigenvalue weighted by Crippen LogP contribution is -2.29. The number of para-hydroxylation sites is 1. The highest BCUT2D eigenvalue weighted by Gasteiger charge is 2.33. The summed E-state index contributed by atoms with van der Waals surface area (Å²) >= 11 is 0. The van der Waals surface area contributed by atoms with Gasteiger partial charge in [-0.05, 0) is 24.5 Å². The van der Waals surface area contributed by atoms with Crippen molar-refractivity contribution in [1.82, 2.24) is 4.90 Å². The smallest absolute Gasteiger partial charge is 0.229 e. The molecule has 0 saturated carbocycles. The van der Waals surface area contributed by atoms with Crippen molar-refractivity contribution in [3.05, 3.63) is 29.8 Å². The molecule has 0 spiro atoms. The topological polar surface area (TPSA) is 49.4 Å². The zero-order valence-electron chi connectivity index (χ0n) is 13.6. The zero-order chi connectivity index (χ0) is 15.9. The maximum absolute atomic E-state index is 12.4. The molecule has 1 aliphatic rings. The van der Waals surface area contributed by atoms with Gasteiger partial charge in [0.1, 0.15) is 0 Å². The van der Waals surface area contributed by atoms with Crippen LogP contribution in [0.4, 0.5) is 5.69 Å².